The standard InChI is InChI=1S/C34H46N4/c1-5-7-13-27-15-17-31-29(23-27)33(21-25(3)37-31)35-19-11-9-10-12-20-36-34-22-26(4)38-32-18-16-28(14-8-6-2)24-30(32)34/h15-18,21-24H,5-14,19-20H2,1-4H3,(H,35,37)(H,36,38). The van der Waals surface area contributed by atoms with E-state index in [1.54, 1.807) is 0 Å². The van der Waals surface area contributed by atoms with Crippen LogP contribution in [0.1, 0.15) is 87.7 Å². The smallest absolute Gasteiger partial charge is 0.0726 e. The van der Waals surface area contributed by atoms with Crippen molar-refractivity contribution in [3.05, 3.63) is 71.0 Å². The van der Waals surface area contributed by atoms with E-state index in [1.807, 2.05) is 0 Å². The van der Waals surface area contributed by atoms with Gasteiger partial charge in [-0.25, -0.2) is 0 Å². The molecule has 0 aliphatic heterocycles. The number of aromatic nitrogens is 2. The van der Waals surface area contributed by atoms with Crippen LogP contribution in [-0.2, 0) is 12.8 Å². The SMILES string of the molecule is CCCCc1ccc2nc(C)cc(NCCCCCCNc3cc(C)nc4ccc(CCCC)cc34)c2c1. The Morgan fingerprint density at radius 1 is 0.553 bits per heavy atom. The van der Waals surface area contributed by atoms with Crippen LogP contribution in [-0.4, -0.2) is 23.1 Å². The van der Waals surface area contributed by atoms with Crippen molar-refractivity contribution in [1.29, 1.82) is 0 Å². The Balaban J connectivity index is 1.24. The second-order valence-corrected chi connectivity index (χ2v) is 10.8. The maximum Gasteiger partial charge on any atom is 0.0726 e. The van der Waals surface area contributed by atoms with Gasteiger partial charge in [-0.05, 0) is 99.9 Å². The lowest BCUT2D eigenvalue weighted by Crippen LogP contribution is -2.05. The average Bonchev–Trinajstić information content (AvgIpc) is 2.92. The Hall–Kier alpha value is -3.14. The van der Waals surface area contributed by atoms with Gasteiger partial charge in [-0.1, -0.05) is 51.7 Å². The molecule has 2 aromatic carbocycles. The molecule has 0 radical (unpaired) electrons. The van der Waals surface area contributed by atoms with E-state index in [4.69, 9.17) is 9.97 Å². The van der Waals surface area contributed by atoms with Crippen molar-refractivity contribution in [3.63, 3.8) is 0 Å². The number of pyridine rings is 2. The van der Waals surface area contributed by atoms with E-state index in [1.165, 1.54) is 84.6 Å². The molecule has 0 spiro atoms. The zero-order chi connectivity index (χ0) is 26.7. The van der Waals surface area contributed by atoms with Crippen molar-refractivity contribution in [2.24, 2.45) is 0 Å². The van der Waals surface area contributed by atoms with Gasteiger partial charge in [0.25, 0.3) is 0 Å². The van der Waals surface area contributed by atoms with E-state index < -0.39 is 0 Å². The van der Waals surface area contributed by atoms with E-state index in [9.17, 15) is 0 Å². The topological polar surface area (TPSA) is 49.8 Å². The fourth-order valence-corrected chi connectivity index (χ4v) is 5.23. The molecule has 2 aromatic heterocycles. The van der Waals surface area contributed by atoms with Crippen molar-refractivity contribution in [3.8, 4) is 0 Å². The monoisotopic (exact) mass is 510 g/mol. The van der Waals surface area contributed by atoms with E-state index in [0.29, 0.717) is 0 Å². The number of rotatable bonds is 15. The molecule has 4 rings (SSSR count). The molecule has 2 heterocycles. The average molecular weight is 511 g/mol. The molecule has 0 bridgehead atoms. The maximum atomic E-state index is 4.75. The molecule has 0 fully saturated rings. The predicted molar refractivity (Wildman–Crippen MR) is 166 cm³/mol. The van der Waals surface area contributed by atoms with Crippen molar-refractivity contribution in [2.45, 2.75) is 91.9 Å². The summed E-state index contributed by atoms with van der Waals surface area (Å²) in [5, 5.41) is 9.94. The molecule has 4 aromatic rings. The summed E-state index contributed by atoms with van der Waals surface area (Å²) in [7, 11) is 0. The van der Waals surface area contributed by atoms with Gasteiger partial charge in [-0.2, -0.15) is 0 Å². The fourth-order valence-electron chi connectivity index (χ4n) is 5.23. The molecule has 0 aliphatic carbocycles. The number of unbranched alkanes of at least 4 members (excludes halogenated alkanes) is 5. The first-order valence-electron chi connectivity index (χ1n) is 14.9. The van der Waals surface area contributed by atoms with Crippen LogP contribution in [0.4, 0.5) is 11.4 Å². The summed E-state index contributed by atoms with van der Waals surface area (Å²) in [5.74, 6) is 0. The van der Waals surface area contributed by atoms with Crippen molar-refractivity contribution < 1.29 is 0 Å². The van der Waals surface area contributed by atoms with Gasteiger partial charge in [0.1, 0.15) is 0 Å². The summed E-state index contributed by atoms with van der Waals surface area (Å²) < 4.78 is 0. The highest BCUT2D eigenvalue weighted by molar-refractivity contribution is 5.92. The Morgan fingerprint density at radius 2 is 1.00 bits per heavy atom. The normalized spacial score (nSPS) is 11.4. The summed E-state index contributed by atoms with van der Waals surface area (Å²) >= 11 is 0. The van der Waals surface area contributed by atoms with E-state index in [-0.39, 0.29) is 0 Å². The molecule has 0 saturated heterocycles. The number of anilines is 2. The van der Waals surface area contributed by atoms with Gasteiger partial charge >= 0.3 is 0 Å². The van der Waals surface area contributed by atoms with E-state index >= 15 is 0 Å². The molecule has 0 saturated carbocycles. The minimum absolute atomic E-state index is 1.000. The quantitative estimate of drug-likeness (QED) is 0.157. The van der Waals surface area contributed by atoms with Crippen LogP contribution in [0.15, 0.2) is 48.5 Å². The number of hydrogen-bond acceptors (Lipinski definition) is 4. The fraction of sp³-hybridized carbons (Fsp3) is 0.471. The molecular formula is C34H46N4. The van der Waals surface area contributed by atoms with Crippen LogP contribution < -0.4 is 10.6 Å². The Bertz CT molecular complexity index is 1220. The lowest BCUT2D eigenvalue weighted by atomic mass is 10.0. The minimum atomic E-state index is 1.000. The van der Waals surface area contributed by atoms with E-state index in [0.717, 1.165) is 48.4 Å². The molecular weight excluding hydrogens is 464 g/mol. The highest BCUT2D eigenvalue weighted by atomic mass is 14.9. The predicted octanol–water partition coefficient (Wildman–Crippen LogP) is 9.17. The maximum absolute atomic E-state index is 4.75. The molecule has 4 heteroatoms. The summed E-state index contributed by atoms with van der Waals surface area (Å²) in [6.07, 6.45) is 12.0. The summed E-state index contributed by atoms with van der Waals surface area (Å²) in [5.41, 5.74) is 9.61. The third-order valence-electron chi connectivity index (χ3n) is 7.37. The second kappa shape index (κ2) is 14.1. The molecule has 0 atom stereocenters. The van der Waals surface area contributed by atoms with Crippen LogP contribution in [0, 0.1) is 13.8 Å². The molecule has 2 N–H and O–H groups in total. The zero-order valence-electron chi connectivity index (χ0n) is 24.0. The molecule has 202 valence electrons. The Labute approximate surface area is 229 Å². The largest absolute Gasteiger partial charge is 0.384 e. The highest BCUT2D eigenvalue weighted by Gasteiger charge is 2.07. The third-order valence-corrected chi connectivity index (χ3v) is 7.37. The molecule has 0 amide bonds. The van der Waals surface area contributed by atoms with Crippen LogP contribution in [0.25, 0.3) is 21.8 Å². The number of fused-ring (bicyclic) bond motifs is 2. The van der Waals surface area contributed by atoms with Gasteiger partial charge in [0.15, 0.2) is 0 Å². The first-order chi connectivity index (χ1) is 18.6. The van der Waals surface area contributed by atoms with Crippen LogP contribution in [0.3, 0.4) is 0 Å². The first-order valence-corrected chi connectivity index (χ1v) is 14.9. The van der Waals surface area contributed by atoms with Gasteiger partial charge in [0, 0.05) is 46.6 Å². The van der Waals surface area contributed by atoms with Crippen LogP contribution in [0.5, 0.6) is 0 Å². The number of nitrogens with one attached hydrogen (secondary N) is 2. The zero-order valence-corrected chi connectivity index (χ0v) is 24.0. The Morgan fingerprint density at radius 3 is 1.42 bits per heavy atom. The van der Waals surface area contributed by atoms with Gasteiger partial charge in [0.2, 0.25) is 0 Å². The van der Waals surface area contributed by atoms with Crippen LogP contribution >= 0.6 is 0 Å². The number of aryl methyl sites for hydroxylation is 4. The lowest BCUT2D eigenvalue weighted by molar-refractivity contribution is 0.671. The number of benzene rings is 2. The van der Waals surface area contributed by atoms with Gasteiger partial charge in [-0.3, -0.25) is 9.97 Å². The van der Waals surface area contributed by atoms with Crippen molar-refractivity contribution in [1.82, 2.24) is 9.97 Å². The van der Waals surface area contributed by atoms with Crippen molar-refractivity contribution >= 4 is 33.2 Å². The molecule has 4 nitrogen and oxygen atoms in total. The highest BCUT2D eigenvalue weighted by Crippen LogP contribution is 2.27. The number of hydrogen-bond donors (Lipinski definition) is 2. The first kappa shape index (κ1) is 27.9. The molecule has 0 aliphatic rings. The minimum Gasteiger partial charge on any atom is -0.384 e. The third kappa shape index (κ3) is 7.69. The summed E-state index contributed by atoms with van der Waals surface area (Å²) in [6.45, 7) is 10.7. The van der Waals surface area contributed by atoms with Crippen LogP contribution in [0.2, 0.25) is 0 Å². The van der Waals surface area contributed by atoms with Gasteiger partial charge < -0.3 is 10.6 Å². The number of nitrogens with zero attached hydrogens (tertiary/aromatic N) is 2. The van der Waals surface area contributed by atoms with Gasteiger partial charge in [-0.15, -0.1) is 0 Å². The molecule has 0 unspecified atom stereocenters. The van der Waals surface area contributed by atoms with Gasteiger partial charge in [0.05, 0.1) is 11.0 Å². The molecule has 38 heavy (non-hydrogen) atoms. The summed E-state index contributed by atoms with van der Waals surface area (Å²) in [6, 6.07) is 17.9. The second-order valence-electron chi connectivity index (χ2n) is 10.8. The Kier molecular flexibility index (Phi) is 10.4. The lowest BCUT2D eigenvalue weighted by Gasteiger charge is -2.13. The van der Waals surface area contributed by atoms with Crippen molar-refractivity contribution in [2.75, 3.05) is 23.7 Å². The van der Waals surface area contributed by atoms with E-state index in [2.05, 4.69) is 86.9 Å². The summed E-state index contributed by atoms with van der Waals surface area (Å²) in [4.78, 5) is 9.50.